The number of nitrogens with zero attached hydrogens (tertiary/aromatic N) is 2. The van der Waals surface area contributed by atoms with Gasteiger partial charge in [0.1, 0.15) is 25.0 Å². The number of primary amides is 1. The predicted molar refractivity (Wildman–Crippen MR) is 188 cm³/mol. The molecular formula is C36H45N3O9SSi. The van der Waals surface area contributed by atoms with E-state index >= 15 is 0 Å². The van der Waals surface area contributed by atoms with E-state index in [1.54, 1.807) is 29.3 Å². The van der Waals surface area contributed by atoms with Crippen molar-refractivity contribution in [2.24, 2.45) is 5.73 Å². The first-order valence-corrected chi connectivity index (χ1v) is 21.0. The van der Waals surface area contributed by atoms with Gasteiger partial charge in [0.05, 0.1) is 35.7 Å². The van der Waals surface area contributed by atoms with Crippen molar-refractivity contribution in [3.8, 4) is 5.75 Å². The molecular weight excluding hydrogens is 679 g/mol. The Kier molecular flexibility index (Phi) is 9.31. The van der Waals surface area contributed by atoms with Crippen LogP contribution in [0.15, 0.2) is 71.6 Å². The maximum absolute atomic E-state index is 14.1. The molecule has 3 aromatic carbocycles. The van der Waals surface area contributed by atoms with Crippen LogP contribution in [0.5, 0.6) is 5.75 Å². The molecule has 3 aromatic rings. The number of amides is 1. The van der Waals surface area contributed by atoms with Crippen molar-refractivity contribution in [2.45, 2.75) is 94.6 Å². The Labute approximate surface area is 294 Å². The number of ether oxygens (including phenoxy) is 3. The fourth-order valence-electron chi connectivity index (χ4n) is 6.48. The van der Waals surface area contributed by atoms with Gasteiger partial charge in [0.2, 0.25) is 10.0 Å². The number of anilines is 1. The number of aryl methyl sites for hydroxylation is 1. The normalized spacial score (nSPS) is 24.1. The molecule has 1 amide bonds. The number of hydrogen-bond donors (Lipinski definition) is 1. The maximum Gasteiger partial charge on any atom is 0.404 e. The number of sulfonamides is 1. The molecule has 12 nitrogen and oxygen atoms in total. The van der Waals surface area contributed by atoms with E-state index in [1.807, 2.05) is 49.4 Å². The summed E-state index contributed by atoms with van der Waals surface area (Å²) in [5.41, 5.74) is 9.18. The van der Waals surface area contributed by atoms with Gasteiger partial charge in [0.15, 0.2) is 8.32 Å². The van der Waals surface area contributed by atoms with Crippen LogP contribution >= 0.6 is 0 Å². The second-order valence-electron chi connectivity index (χ2n) is 14.7. The molecule has 0 spiro atoms. The molecule has 6 rings (SSSR count). The molecule has 0 aliphatic carbocycles. The number of hydroxylamine groups is 1. The highest BCUT2D eigenvalue weighted by Crippen LogP contribution is 2.60. The van der Waals surface area contributed by atoms with Gasteiger partial charge in [0.25, 0.3) is 5.79 Å². The number of nitrogens with two attached hydrogens (primary N) is 1. The number of carbonyl (C=O) groups is 2. The summed E-state index contributed by atoms with van der Waals surface area (Å²) in [6.07, 6.45) is -1.05. The van der Waals surface area contributed by atoms with E-state index in [4.69, 9.17) is 29.2 Å². The molecule has 3 aliphatic rings. The van der Waals surface area contributed by atoms with E-state index < -0.39 is 54.2 Å². The lowest BCUT2D eigenvalue weighted by Gasteiger charge is -2.49. The summed E-state index contributed by atoms with van der Waals surface area (Å²) in [6, 6.07) is 18.4. The van der Waals surface area contributed by atoms with E-state index in [0.29, 0.717) is 17.0 Å². The van der Waals surface area contributed by atoms with Crippen LogP contribution in [-0.4, -0.2) is 64.1 Å². The molecule has 2 fully saturated rings. The standard InChI is InChI=1S/C36H45N3O9SSi/c1-23-13-15-27(16-14-23)49(42,43)39-30-19-38-29-17-26(21-46-50(6,7)35(3,4)5)18-31(44-20-25-11-9-8-10-12-25)32(29)28(22-45-34(37)41)36(48-38,33(30)39)47-24(2)40/h8-18,28,30,33H,19-22H2,1-7H3,(H2,37,41)/t28-,30-,33-,36-,39?/m0/s1. The van der Waals surface area contributed by atoms with Crippen LogP contribution in [0.4, 0.5) is 10.5 Å². The second kappa shape index (κ2) is 13.0. The Morgan fingerprint density at radius 2 is 1.70 bits per heavy atom. The average Bonchev–Trinajstić information content (AvgIpc) is 3.79. The minimum atomic E-state index is -4.07. The van der Waals surface area contributed by atoms with Gasteiger partial charge in [-0.05, 0) is 60.4 Å². The molecule has 268 valence electrons. The van der Waals surface area contributed by atoms with Crippen molar-refractivity contribution in [1.82, 2.24) is 4.31 Å². The molecule has 50 heavy (non-hydrogen) atoms. The zero-order chi connectivity index (χ0) is 36.2. The van der Waals surface area contributed by atoms with Gasteiger partial charge in [-0.3, -0.25) is 4.79 Å². The Hall–Kier alpha value is -3.95. The Morgan fingerprint density at radius 3 is 2.32 bits per heavy atom. The van der Waals surface area contributed by atoms with Crippen molar-refractivity contribution in [2.75, 3.05) is 18.2 Å². The summed E-state index contributed by atoms with van der Waals surface area (Å²) in [5.74, 6) is -3.23. The molecule has 1 unspecified atom stereocenters. The molecule has 14 heteroatoms. The molecule has 3 aliphatic heterocycles. The maximum atomic E-state index is 14.1. The number of carbonyl (C=O) groups excluding carboxylic acids is 2. The second-order valence-corrected chi connectivity index (χ2v) is 21.3. The van der Waals surface area contributed by atoms with E-state index in [-0.39, 0.29) is 36.3 Å². The van der Waals surface area contributed by atoms with Crippen LogP contribution in [0.3, 0.4) is 0 Å². The van der Waals surface area contributed by atoms with Crippen LogP contribution in [0.1, 0.15) is 55.9 Å². The Morgan fingerprint density at radius 1 is 1.02 bits per heavy atom. The van der Waals surface area contributed by atoms with E-state index in [1.165, 1.54) is 11.2 Å². The minimum Gasteiger partial charge on any atom is -0.489 e. The van der Waals surface area contributed by atoms with Gasteiger partial charge < -0.3 is 24.4 Å². The number of benzene rings is 3. The summed E-state index contributed by atoms with van der Waals surface area (Å²) in [4.78, 5) is 31.6. The first kappa shape index (κ1) is 35.9. The first-order chi connectivity index (χ1) is 23.4. The lowest BCUT2D eigenvalue weighted by molar-refractivity contribution is -0.264. The molecule has 0 aromatic heterocycles. The van der Waals surface area contributed by atoms with Gasteiger partial charge in [-0.1, -0.05) is 68.8 Å². The monoisotopic (exact) mass is 723 g/mol. The van der Waals surface area contributed by atoms with Crippen molar-refractivity contribution < 1.29 is 41.5 Å². The summed E-state index contributed by atoms with van der Waals surface area (Å²) < 4.78 is 54.2. The van der Waals surface area contributed by atoms with E-state index in [0.717, 1.165) is 16.7 Å². The number of esters is 1. The third-order valence-electron chi connectivity index (χ3n) is 10.1. The van der Waals surface area contributed by atoms with Gasteiger partial charge in [-0.15, -0.1) is 0 Å². The highest BCUT2D eigenvalue weighted by molar-refractivity contribution is 7.89. The van der Waals surface area contributed by atoms with Gasteiger partial charge in [-0.25, -0.2) is 23.1 Å². The third kappa shape index (κ3) is 6.62. The quantitative estimate of drug-likeness (QED) is 0.148. The molecule has 0 radical (unpaired) electrons. The van der Waals surface area contributed by atoms with E-state index in [2.05, 4.69) is 33.9 Å². The van der Waals surface area contributed by atoms with Crippen LogP contribution < -0.4 is 15.5 Å². The van der Waals surface area contributed by atoms with Crippen LogP contribution in [0.25, 0.3) is 0 Å². The Balaban J connectivity index is 1.49. The smallest absolute Gasteiger partial charge is 0.404 e. The predicted octanol–water partition coefficient (Wildman–Crippen LogP) is 5.74. The first-order valence-electron chi connectivity index (χ1n) is 16.6. The summed E-state index contributed by atoms with van der Waals surface area (Å²) in [5, 5.41) is 1.54. The third-order valence-corrected chi connectivity index (χ3v) is 16.5. The number of hydrogen-bond acceptors (Lipinski definition) is 10. The van der Waals surface area contributed by atoms with Crippen LogP contribution in [0.2, 0.25) is 18.1 Å². The van der Waals surface area contributed by atoms with Crippen molar-refractivity contribution in [3.05, 3.63) is 89.0 Å². The lowest BCUT2D eigenvalue weighted by Crippen LogP contribution is -2.61. The van der Waals surface area contributed by atoms with Crippen molar-refractivity contribution >= 4 is 36.1 Å². The van der Waals surface area contributed by atoms with Crippen LogP contribution in [-0.2, 0) is 46.8 Å². The largest absolute Gasteiger partial charge is 0.489 e. The minimum absolute atomic E-state index is 0.0297. The summed E-state index contributed by atoms with van der Waals surface area (Å²) in [7, 11) is -6.23. The average molecular weight is 724 g/mol. The fraction of sp³-hybridized carbons (Fsp3) is 0.444. The zero-order valence-corrected chi connectivity index (χ0v) is 31.3. The van der Waals surface area contributed by atoms with Crippen LogP contribution in [0, 0.1) is 6.92 Å². The topological polar surface area (TPSA) is 147 Å². The van der Waals surface area contributed by atoms with Gasteiger partial charge in [0, 0.05) is 12.5 Å². The molecule has 2 N–H and O–H groups in total. The molecule has 2 saturated heterocycles. The fourth-order valence-corrected chi connectivity index (χ4v) is 9.23. The molecule has 2 bridgehead atoms. The highest BCUT2D eigenvalue weighted by atomic mass is 32.2. The van der Waals surface area contributed by atoms with Gasteiger partial charge >= 0.3 is 12.1 Å². The summed E-state index contributed by atoms with van der Waals surface area (Å²) in [6.45, 7) is 14.2. The van der Waals surface area contributed by atoms with Crippen molar-refractivity contribution in [1.29, 1.82) is 0 Å². The summed E-state index contributed by atoms with van der Waals surface area (Å²) >= 11 is 0. The number of fused-ring (bicyclic) bond motifs is 6. The molecule has 3 heterocycles. The SMILES string of the molecule is CC(=O)O[C@@]12ON(C[C@H]3[C@@H]1N3S(=O)(=O)c1ccc(C)cc1)c1cc(CO[Si](C)(C)C(C)(C)C)cc(OCc3ccccc3)c1[C@@H]2COC(N)=O. The highest BCUT2D eigenvalue weighted by Gasteiger charge is 2.76. The zero-order valence-electron chi connectivity index (χ0n) is 29.5. The van der Waals surface area contributed by atoms with E-state index in [9.17, 15) is 18.0 Å². The van der Waals surface area contributed by atoms with Gasteiger partial charge in [-0.2, -0.15) is 4.31 Å². The Bertz CT molecular complexity index is 1880. The lowest BCUT2D eigenvalue weighted by atomic mass is 9.82. The molecule has 5 atom stereocenters. The molecule has 0 saturated carbocycles. The number of rotatable bonds is 11. The van der Waals surface area contributed by atoms with Crippen molar-refractivity contribution in [3.63, 3.8) is 0 Å².